The van der Waals surface area contributed by atoms with Gasteiger partial charge in [-0.2, -0.15) is 5.10 Å². The topological polar surface area (TPSA) is 86.2 Å². The fourth-order valence-electron chi connectivity index (χ4n) is 4.74. The highest BCUT2D eigenvalue weighted by atomic mass is 16.3. The van der Waals surface area contributed by atoms with E-state index in [4.69, 9.17) is 0 Å². The Kier molecular flexibility index (Phi) is 5.98. The van der Waals surface area contributed by atoms with Crippen LogP contribution in [0.4, 0.5) is 0 Å². The van der Waals surface area contributed by atoms with Crippen molar-refractivity contribution in [3.05, 3.63) is 88.9 Å². The number of nitrogens with one attached hydrogen (secondary N) is 2. The molecule has 0 spiro atoms. The highest BCUT2D eigenvalue weighted by Gasteiger charge is 2.29. The van der Waals surface area contributed by atoms with Crippen molar-refractivity contribution in [1.29, 1.82) is 0 Å². The van der Waals surface area contributed by atoms with Crippen LogP contribution in [0.5, 0.6) is 0 Å². The van der Waals surface area contributed by atoms with Crippen molar-refractivity contribution < 1.29 is 9.90 Å². The lowest BCUT2D eigenvalue weighted by atomic mass is 10.0. The molecule has 4 aromatic rings. The number of nitrogens with zero attached hydrogens (tertiary/aromatic N) is 3. The van der Waals surface area contributed by atoms with Gasteiger partial charge in [-0.3, -0.25) is 14.4 Å². The van der Waals surface area contributed by atoms with Crippen molar-refractivity contribution in [1.82, 2.24) is 25.0 Å². The zero-order valence-corrected chi connectivity index (χ0v) is 18.8. The van der Waals surface area contributed by atoms with Gasteiger partial charge < -0.3 is 15.4 Å². The molecule has 2 aromatic carbocycles. The Bertz CT molecular complexity index is 1260. The second kappa shape index (κ2) is 9.21. The van der Waals surface area contributed by atoms with Crippen molar-refractivity contribution in [3.63, 3.8) is 0 Å². The van der Waals surface area contributed by atoms with Crippen LogP contribution in [0.15, 0.2) is 60.8 Å². The second-order valence-electron chi connectivity index (χ2n) is 8.65. The summed E-state index contributed by atoms with van der Waals surface area (Å²) in [6.45, 7) is 4.71. The molecule has 1 amide bonds. The summed E-state index contributed by atoms with van der Waals surface area (Å²) >= 11 is 0. The molecule has 2 aromatic heterocycles. The van der Waals surface area contributed by atoms with E-state index in [1.165, 1.54) is 10.9 Å². The van der Waals surface area contributed by atoms with Crippen molar-refractivity contribution in [2.45, 2.75) is 39.0 Å². The molecule has 0 bridgehead atoms. The van der Waals surface area contributed by atoms with Crippen molar-refractivity contribution >= 4 is 16.8 Å². The van der Waals surface area contributed by atoms with Gasteiger partial charge in [-0.05, 0) is 24.1 Å². The first-order valence-corrected chi connectivity index (χ1v) is 11.5. The quantitative estimate of drug-likeness (QED) is 0.409. The Morgan fingerprint density at radius 3 is 2.79 bits per heavy atom. The van der Waals surface area contributed by atoms with Gasteiger partial charge >= 0.3 is 0 Å². The van der Waals surface area contributed by atoms with Crippen LogP contribution in [0.2, 0.25) is 0 Å². The van der Waals surface area contributed by atoms with Crippen molar-refractivity contribution in [2.24, 2.45) is 0 Å². The average Bonchev–Trinajstić information content (AvgIpc) is 3.41. The molecule has 0 radical (unpaired) electrons. The summed E-state index contributed by atoms with van der Waals surface area (Å²) in [5.74, 6) is -0.173. The maximum absolute atomic E-state index is 13.2. The van der Waals surface area contributed by atoms with Gasteiger partial charge in [0, 0.05) is 54.4 Å². The lowest BCUT2D eigenvalue weighted by Gasteiger charge is -2.27. The third-order valence-electron chi connectivity index (χ3n) is 6.46. The SMILES string of the molecule is CC(NC(=O)c1nn(CCO)c2c1CN(Cc1c[nH]c3ccccc13)CC2)c1ccccc1. The fraction of sp³-hybridized carbons (Fsp3) is 0.308. The van der Waals surface area contributed by atoms with E-state index < -0.39 is 0 Å². The van der Waals surface area contributed by atoms with E-state index >= 15 is 0 Å². The van der Waals surface area contributed by atoms with Crippen LogP contribution >= 0.6 is 0 Å². The highest BCUT2D eigenvalue weighted by Crippen LogP contribution is 2.27. The first kappa shape index (κ1) is 21.4. The van der Waals surface area contributed by atoms with Gasteiger partial charge in [-0.1, -0.05) is 48.5 Å². The number of rotatable bonds is 7. The van der Waals surface area contributed by atoms with Crippen LogP contribution in [0, 0.1) is 0 Å². The second-order valence-corrected chi connectivity index (χ2v) is 8.65. The van der Waals surface area contributed by atoms with E-state index in [0.717, 1.165) is 41.8 Å². The molecule has 1 atom stereocenters. The van der Waals surface area contributed by atoms with Crippen LogP contribution in [0.25, 0.3) is 10.9 Å². The zero-order chi connectivity index (χ0) is 22.8. The van der Waals surface area contributed by atoms with E-state index in [1.54, 1.807) is 4.68 Å². The lowest BCUT2D eigenvalue weighted by molar-refractivity contribution is 0.0931. The van der Waals surface area contributed by atoms with Crippen LogP contribution in [-0.2, 0) is 26.1 Å². The number of aromatic nitrogens is 3. The minimum absolute atomic E-state index is 0.00531. The first-order valence-electron chi connectivity index (χ1n) is 11.5. The molecule has 0 fully saturated rings. The Morgan fingerprint density at radius 2 is 1.97 bits per heavy atom. The molecule has 7 nitrogen and oxygen atoms in total. The molecule has 1 aliphatic rings. The van der Waals surface area contributed by atoms with E-state index in [-0.39, 0.29) is 18.6 Å². The third kappa shape index (κ3) is 4.29. The van der Waals surface area contributed by atoms with Gasteiger partial charge in [0.2, 0.25) is 0 Å². The van der Waals surface area contributed by atoms with E-state index in [1.807, 2.05) is 43.3 Å². The van der Waals surface area contributed by atoms with E-state index in [9.17, 15) is 9.90 Å². The van der Waals surface area contributed by atoms with Gasteiger partial charge in [0.05, 0.1) is 19.2 Å². The number of aliphatic hydroxyl groups excluding tert-OH is 1. The number of amides is 1. The molecule has 0 saturated heterocycles. The molecule has 0 aliphatic carbocycles. The smallest absolute Gasteiger partial charge is 0.272 e. The summed E-state index contributed by atoms with van der Waals surface area (Å²) in [5, 5.41) is 18.5. The van der Waals surface area contributed by atoms with Gasteiger partial charge in [-0.25, -0.2) is 0 Å². The molecule has 0 saturated carbocycles. The summed E-state index contributed by atoms with van der Waals surface area (Å²) in [4.78, 5) is 19.0. The number of para-hydroxylation sites is 1. The number of aliphatic hydroxyl groups is 1. The molecule has 3 heterocycles. The van der Waals surface area contributed by atoms with E-state index in [2.05, 4.69) is 44.7 Å². The number of hydrogen-bond acceptors (Lipinski definition) is 4. The molecule has 1 aliphatic heterocycles. The first-order chi connectivity index (χ1) is 16.1. The Hall–Kier alpha value is -3.42. The molecular formula is C26H29N5O2. The Balaban J connectivity index is 1.38. The predicted octanol–water partition coefficient (Wildman–Crippen LogP) is 3.41. The number of H-pyrrole nitrogens is 1. The van der Waals surface area contributed by atoms with Crippen LogP contribution in [-0.4, -0.2) is 43.8 Å². The van der Waals surface area contributed by atoms with Crippen LogP contribution < -0.4 is 5.32 Å². The maximum atomic E-state index is 13.2. The summed E-state index contributed by atoms with van der Waals surface area (Å²) in [6.07, 6.45) is 2.87. The molecule has 170 valence electrons. The molecule has 1 unspecified atom stereocenters. The number of carbonyl (C=O) groups is 1. The molecule has 3 N–H and O–H groups in total. The maximum Gasteiger partial charge on any atom is 0.272 e. The highest BCUT2D eigenvalue weighted by molar-refractivity contribution is 5.94. The lowest BCUT2D eigenvalue weighted by Crippen LogP contribution is -2.33. The number of fused-ring (bicyclic) bond motifs is 2. The van der Waals surface area contributed by atoms with Crippen LogP contribution in [0.3, 0.4) is 0 Å². The van der Waals surface area contributed by atoms with Gasteiger partial charge in [0.1, 0.15) is 0 Å². The zero-order valence-electron chi connectivity index (χ0n) is 18.8. The number of hydrogen-bond donors (Lipinski definition) is 3. The normalized spacial score (nSPS) is 14.8. The van der Waals surface area contributed by atoms with Crippen LogP contribution in [0.1, 0.15) is 45.8 Å². The number of aromatic amines is 1. The molecule has 5 rings (SSSR count). The van der Waals surface area contributed by atoms with Crippen molar-refractivity contribution in [2.75, 3.05) is 13.2 Å². The predicted molar refractivity (Wildman–Crippen MR) is 128 cm³/mol. The van der Waals surface area contributed by atoms with Crippen molar-refractivity contribution in [3.8, 4) is 0 Å². The largest absolute Gasteiger partial charge is 0.394 e. The standard InChI is InChI=1S/C26H29N5O2/c1-18(19-7-3-2-4-8-19)28-26(33)25-22-17-30(12-11-24(22)31(29-25)13-14-32)16-20-15-27-23-10-6-5-9-21(20)23/h2-10,15,18,27,32H,11-14,16-17H2,1H3,(H,28,33). The third-order valence-corrected chi connectivity index (χ3v) is 6.46. The Labute approximate surface area is 193 Å². The summed E-state index contributed by atoms with van der Waals surface area (Å²) < 4.78 is 1.81. The summed E-state index contributed by atoms with van der Waals surface area (Å²) in [7, 11) is 0. The van der Waals surface area contributed by atoms with Gasteiger partial charge in [0.25, 0.3) is 5.91 Å². The molecule has 7 heteroatoms. The van der Waals surface area contributed by atoms with E-state index in [0.29, 0.717) is 18.8 Å². The summed E-state index contributed by atoms with van der Waals surface area (Å²) in [5.41, 5.74) is 5.92. The number of benzene rings is 2. The Morgan fingerprint density at radius 1 is 1.18 bits per heavy atom. The van der Waals surface area contributed by atoms with Gasteiger partial charge in [-0.15, -0.1) is 0 Å². The van der Waals surface area contributed by atoms with Gasteiger partial charge in [0.15, 0.2) is 5.69 Å². The summed E-state index contributed by atoms with van der Waals surface area (Å²) in [6, 6.07) is 18.1. The average molecular weight is 444 g/mol. The molecule has 33 heavy (non-hydrogen) atoms. The minimum Gasteiger partial charge on any atom is -0.394 e. The number of carbonyl (C=O) groups excluding carboxylic acids is 1. The monoisotopic (exact) mass is 443 g/mol. The molecular weight excluding hydrogens is 414 g/mol. The minimum atomic E-state index is -0.173. The fourth-order valence-corrected chi connectivity index (χ4v) is 4.74.